The molecule has 0 spiro atoms. The highest BCUT2D eigenvalue weighted by Crippen LogP contribution is 2.32. The van der Waals surface area contributed by atoms with Crippen molar-refractivity contribution in [2.45, 2.75) is 18.9 Å². The Kier molecular flexibility index (Phi) is 6.83. The Balaban J connectivity index is 2.09. The summed E-state index contributed by atoms with van der Waals surface area (Å²) in [6, 6.07) is 13.1. The van der Waals surface area contributed by atoms with E-state index in [9.17, 15) is 9.90 Å². The zero-order valence-electron chi connectivity index (χ0n) is 14.3. The maximum absolute atomic E-state index is 12.2. The molecule has 1 atom stereocenters. The molecule has 7 nitrogen and oxygen atoms in total. The van der Waals surface area contributed by atoms with Crippen LogP contribution in [0.3, 0.4) is 0 Å². The number of rotatable bonds is 7. The summed E-state index contributed by atoms with van der Waals surface area (Å²) in [6.45, 7) is -0.0424. The van der Waals surface area contributed by atoms with Crippen molar-refractivity contribution in [1.82, 2.24) is 0 Å². The lowest BCUT2D eigenvalue weighted by Gasteiger charge is -2.19. The Bertz CT molecular complexity index is 784. The highest BCUT2D eigenvalue weighted by Gasteiger charge is 2.18. The second-order valence-corrected chi connectivity index (χ2v) is 5.51. The molecule has 26 heavy (non-hydrogen) atoms. The Hall–Kier alpha value is -3.24. The molecule has 0 unspecified atom stereocenters. The number of nitrogens with zero attached hydrogens (tertiary/aromatic N) is 1. The van der Waals surface area contributed by atoms with Gasteiger partial charge in [-0.05, 0) is 54.8 Å². The zero-order valence-corrected chi connectivity index (χ0v) is 14.3. The summed E-state index contributed by atoms with van der Waals surface area (Å²) in [7, 11) is 1.44. The van der Waals surface area contributed by atoms with Gasteiger partial charge in [-0.2, -0.15) is 5.26 Å². The van der Waals surface area contributed by atoms with Crippen LogP contribution in [-0.2, 0) is 4.74 Å². The van der Waals surface area contributed by atoms with E-state index < -0.39 is 12.2 Å². The van der Waals surface area contributed by atoms with E-state index in [1.54, 1.807) is 36.4 Å². The van der Waals surface area contributed by atoms with Gasteiger partial charge in [0.1, 0.15) is 6.10 Å². The minimum Gasteiger partial charge on any atom is -0.504 e. The molecular weight excluding hydrogens is 336 g/mol. The van der Waals surface area contributed by atoms with Gasteiger partial charge in [-0.15, -0.1) is 0 Å². The van der Waals surface area contributed by atoms with Gasteiger partial charge < -0.3 is 19.7 Å². The second kappa shape index (κ2) is 9.30. The highest BCUT2D eigenvalue weighted by molar-refractivity contribution is 5.84. The maximum atomic E-state index is 12.2. The average molecular weight is 356 g/mol. The molecule has 0 bridgehead atoms. The molecule has 7 heteroatoms. The largest absolute Gasteiger partial charge is 0.504 e. The molecule has 0 aliphatic carbocycles. The van der Waals surface area contributed by atoms with Gasteiger partial charge in [0.15, 0.2) is 11.5 Å². The van der Waals surface area contributed by atoms with Crippen LogP contribution in [0.15, 0.2) is 42.5 Å². The van der Waals surface area contributed by atoms with Crippen molar-refractivity contribution in [2.75, 3.05) is 19.0 Å². The van der Waals surface area contributed by atoms with Crippen LogP contribution >= 0.6 is 0 Å². The van der Waals surface area contributed by atoms with E-state index in [-0.39, 0.29) is 12.4 Å². The van der Waals surface area contributed by atoms with Crippen molar-refractivity contribution >= 4 is 11.8 Å². The zero-order chi connectivity index (χ0) is 18.9. The van der Waals surface area contributed by atoms with Gasteiger partial charge in [0.05, 0.1) is 18.7 Å². The van der Waals surface area contributed by atoms with Gasteiger partial charge in [-0.3, -0.25) is 5.32 Å². The van der Waals surface area contributed by atoms with Crippen molar-refractivity contribution in [1.29, 1.82) is 5.26 Å². The number of carbonyl (C=O) groups excluding carboxylic acids is 1. The quantitative estimate of drug-likeness (QED) is 0.701. The minimum absolute atomic E-state index is 0.0424. The van der Waals surface area contributed by atoms with Crippen LogP contribution in [0, 0.1) is 11.3 Å². The lowest BCUT2D eigenvalue weighted by atomic mass is 10.0. The van der Waals surface area contributed by atoms with Crippen molar-refractivity contribution in [2.24, 2.45) is 0 Å². The lowest BCUT2D eigenvalue weighted by molar-refractivity contribution is 0.0993. The molecule has 2 aromatic carbocycles. The second-order valence-electron chi connectivity index (χ2n) is 5.51. The predicted octanol–water partition coefficient (Wildman–Crippen LogP) is 3.33. The summed E-state index contributed by atoms with van der Waals surface area (Å²) in [4.78, 5) is 12.2. The SMILES string of the molecule is COc1ccc([C@@H](CCCO)OC(=O)Nc2ccc(C#N)cc2)cc1O. The highest BCUT2D eigenvalue weighted by atomic mass is 16.6. The monoisotopic (exact) mass is 356 g/mol. The number of hydrogen-bond donors (Lipinski definition) is 3. The molecule has 2 aromatic rings. The molecule has 0 fully saturated rings. The van der Waals surface area contributed by atoms with Crippen LogP contribution in [0.1, 0.15) is 30.1 Å². The van der Waals surface area contributed by atoms with E-state index in [0.29, 0.717) is 35.4 Å². The van der Waals surface area contributed by atoms with E-state index in [1.165, 1.54) is 13.2 Å². The Labute approximate surface area is 151 Å². The van der Waals surface area contributed by atoms with Gasteiger partial charge in [0.25, 0.3) is 0 Å². The fraction of sp³-hybridized carbons (Fsp3) is 0.263. The van der Waals surface area contributed by atoms with Crippen LogP contribution in [-0.4, -0.2) is 30.0 Å². The van der Waals surface area contributed by atoms with Crippen LogP contribution in [0.4, 0.5) is 10.5 Å². The molecule has 3 N–H and O–H groups in total. The van der Waals surface area contributed by atoms with Crippen molar-refractivity contribution in [3.8, 4) is 17.6 Å². The number of methoxy groups -OCH3 is 1. The number of anilines is 1. The number of phenolic OH excluding ortho intramolecular Hbond substituents is 1. The third-order valence-corrected chi connectivity index (χ3v) is 3.71. The topological polar surface area (TPSA) is 112 Å². The Morgan fingerprint density at radius 2 is 2.00 bits per heavy atom. The number of benzene rings is 2. The third-order valence-electron chi connectivity index (χ3n) is 3.71. The number of nitriles is 1. The summed E-state index contributed by atoms with van der Waals surface area (Å²) in [5, 5.41) is 30.4. The Morgan fingerprint density at radius 3 is 2.58 bits per heavy atom. The van der Waals surface area contributed by atoms with E-state index in [1.807, 2.05) is 6.07 Å². The molecule has 0 aliphatic heterocycles. The van der Waals surface area contributed by atoms with Crippen LogP contribution in [0.25, 0.3) is 0 Å². The number of amides is 1. The summed E-state index contributed by atoms with van der Waals surface area (Å²) in [5.41, 5.74) is 1.57. The molecule has 0 heterocycles. The normalized spacial score (nSPS) is 11.3. The number of nitrogens with one attached hydrogen (secondary N) is 1. The lowest BCUT2D eigenvalue weighted by Crippen LogP contribution is -2.18. The number of aliphatic hydroxyl groups is 1. The molecule has 2 rings (SSSR count). The van der Waals surface area contributed by atoms with Gasteiger partial charge in [-0.1, -0.05) is 6.07 Å². The molecule has 0 aliphatic rings. The fourth-order valence-electron chi connectivity index (χ4n) is 2.38. The standard InChI is InChI=1S/C19H20N2O5/c1-25-18-9-6-14(11-16(18)23)17(3-2-10-22)26-19(24)21-15-7-4-13(12-20)5-8-15/h4-9,11,17,22-23H,2-3,10H2,1H3,(H,21,24)/t17-/m1/s1. The van der Waals surface area contributed by atoms with Crippen LogP contribution < -0.4 is 10.1 Å². The summed E-state index contributed by atoms with van der Waals surface area (Å²) >= 11 is 0. The first kappa shape index (κ1) is 19.1. The number of ether oxygens (including phenoxy) is 2. The number of carbonyl (C=O) groups is 1. The summed E-state index contributed by atoms with van der Waals surface area (Å²) in [6.07, 6.45) is -0.490. The number of aromatic hydroxyl groups is 1. The summed E-state index contributed by atoms with van der Waals surface area (Å²) in [5.74, 6) is 0.256. The first-order chi connectivity index (χ1) is 12.6. The van der Waals surface area contributed by atoms with Crippen LogP contribution in [0.2, 0.25) is 0 Å². The van der Waals surface area contributed by atoms with E-state index >= 15 is 0 Å². The van der Waals surface area contributed by atoms with E-state index in [4.69, 9.17) is 19.8 Å². The van der Waals surface area contributed by atoms with Gasteiger partial charge >= 0.3 is 6.09 Å². The van der Waals surface area contributed by atoms with Crippen LogP contribution in [0.5, 0.6) is 11.5 Å². The molecular formula is C19H20N2O5. The molecule has 0 radical (unpaired) electrons. The van der Waals surface area contributed by atoms with Gasteiger partial charge in [0, 0.05) is 12.3 Å². The number of phenols is 1. The third kappa shape index (κ3) is 5.13. The molecule has 0 aromatic heterocycles. The van der Waals surface area contributed by atoms with Gasteiger partial charge in [-0.25, -0.2) is 4.79 Å². The number of aliphatic hydroxyl groups excluding tert-OH is 1. The average Bonchev–Trinajstić information content (AvgIpc) is 2.65. The van der Waals surface area contributed by atoms with Gasteiger partial charge in [0.2, 0.25) is 0 Å². The molecule has 0 saturated heterocycles. The van der Waals surface area contributed by atoms with Crippen molar-refractivity contribution in [3.05, 3.63) is 53.6 Å². The maximum Gasteiger partial charge on any atom is 0.412 e. The smallest absolute Gasteiger partial charge is 0.412 e. The molecule has 1 amide bonds. The minimum atomic E-state index is -0.673. The Morgan fingerprint density at radius 1 is 1.27 bits per heavy atom. The van der Waals surface area contributed by atoms with Crippen molar-refractivity contribution < 1.29 is 24.5 Å². The molecule has 136 valence electrons. The van der Waals surface area contributed by atoms with E-state index in [0.717, 1.165) is 0 Å². The van der Waals surface area contributed by atoms with E-state index in [2.05, 4.69) is 5.32 Å². The fourth-order valence-corrected chi connectivity index (χ4v) is 2.38. The predicted molar refractivity (Wildman–Crippen MR) is 95.0 cm³/mol. The summed E-state index contributed by atoms with van der Waals surface area (Å²) < 4.78 is 10.5. The first-order valence-electron chi connectivity index (χ1n) is 8.03. The van der Waals surface area contributed by atoms with Crippen molar-refractivity contribution in [3.63, 3.8) is 0 Å². The number of hydrogen-bond acceptors (Lipinski definition) is 6. The molecule has 0 saturated carbocycles. The first-order valence-corrected chi connectivity index (χ1v) is 8.03.